The van der Waals surface area contributed by atoms with Crippen molar-refractivity contribution in [1.82, 2.24) is 25.6 Å². The van der Waals surface area contributed by atoms with Crippen LogP contribution in [0, 0.1) is 0 Å². The number of carbonyl (C=O) groups is 1. The van der Waals surface area contributed by atoms with E-state index in [0.717, 1.165) is 5.69 Å². The van der Waals surface area contributed by atoms with E-state index >= 15 is 0 Å². The van der Waals surface area contributed by atoms with Crippen molar-refractivity contribution < 1.29 is 4.79 Å². The molecular weight excluding hydrogens is 208 g/mol. The third-order valence-electron chi connectivity index (χ3n) is 2.07. The van der Waals surface area contributed by atoms with Crippen LogP contribution in [-0.4, -0.2) is 38.1 Å². The van der Waals surface area contributed by atoms with Crippen molar-refractivity contribution in [3.05, 3.63) is 30.4 Å². The lowest BCUT2D eigenvalue weighted by Gasteiger charge is -2.18. The number of carbonyl (C=O) groups excluding carboxylic acids is 1. The van der Waals surface area contributed by atoms with Gasteiger partial charge in [-0.15, -0.1) is 10.2 Å². The zero-order valence-corrected chi connectivity index (χ0v) is 8.66. The Labute approximate surface area is 91.5 Å². The summed E-state index contributed by atoms with van der Waals surface area (Å²) in [6.45, 7) is 2.40. The maximum Gasteiger partial charge on any atom is 0.299 e. The first-order valence-electron chi connectivity index (χ1n) is 4.78. The van der Waals surface area contributed by atoms with Gasteiger partial charge in [0, 0.05) is 24.6 Å². The number of aromatic amines is 1. The van der Waals surface area contributed by atoms with E-state index in [0.29, 0.717) is 6.54 Å². The molecule has 2 aromatic heterocycles. The van der Waals surface area contributed by atoms with Gasteiger partial charge in [0.15, 0.2) is 0 Å². The Morgan fingerprint density at radius 3 is 2.75 bits per heavy atom. The summed E-state index contributed by atoms with van der Waals surface area (Å²) in [5.74, 6) is -0.235. The minimum atomic E-state index is -0.289. The third kappa shape index (κ3) is 1.88. The molecule has 1 N–H and O–H groups in total. The zero-order chi connectivity index (χ0) is 11.4. The fraction of sp³-hybridized carbons (Fsp3) is 0.222. The number of anilines is 1. The minimum absolute atomic E-state index is 0.0543. The monoisotopic (exact) mass is 218 g/mol. The highest BCUT2D eigenvalue weighted by atomic mass is 16.2. The Morgan fingerprint density at radius 1 is 1.44 bits per heavy atom. The predicted molar refractivity (Wildman–Crippen MR) is 55.8 cm³/mol. The van der Waals surface area contributed by atoms with Gasteiger partial charge in [-0.2, -0.15) is 5.21 Å². The van der Waals surface area contributed by atoms with Gasteiger partial charge in [-0.1, -0.05) is 0 Å². The highest BCUT2D eigenvalue weighted by Crippen LogP contribution is 2.13. The summed E-state index contributed by atoms with van der Waals surface area (Å²) in [5, 5.41) is 12.9. The number of nitrogens with zero attached hydrogens (tertiary/aromatic N) is 5. The third-order valence-corrected chi connectivity index (χ3v) is 2.07. The molecule has 0 aliphatic carbocycles. The van der Waals surface area contributed by atoms with Crippen LogP contribution in [0.25, 0.3) is 0 Å². The van der Waals surface area contributed by atoms with Crippen molar-refractivity contribution >= 4 is 11.6 Å². The van der Waals surface area contributed by atoms with Gasteiger partial charge in [-0.3, -0.25) is 9.78 Å². The van der Waals surface area contributed by atoms with Gasteiger partial charge in [0.25, 0.3) is 11.7 Å². The first-order chi connectivity index (χ1) is 7.83. The molecule has 0 aliphatic rings. The molecule has 0 saturated heterocycles. The molecule has 0 radical (unpaired) electrons. The van der Waals surface area contributed by atoms with Crippen molar-refractivity contribution in [2.75, 3.05) is 11.4 Å². The van der Waals surface area contributed by atoms with Crippen molar-refractivity contribution in [2.24, 2.45) is 0 Å². The van der Waals surface area contributed by atoms with Gasteiger partial charge < -0.3 is 4.90 Å². The molecule has 2 rings (SSSR count). The molecule has 0 fully saturated rings. The maximum absolute atomic E-state index is 12.0. The SMILES string of the molecule is CCN(C(=O)c1nn[nH]n1)c1ccncc1. The lowest BCUT2D eigenvalue weighted by atomic mass is 10.3. The maximum atomic E-state index is 12.0. The van der Waals surface area contributed by atoms with E-state index in [9.17, 15) is 4.79 Å². The number of pyridine rings is 1. The molecule has 0 bridgehead atoms. The summed E-state index contributed by atoms with van der Waals surface area (Å²) in [5.41, 5.74) is 0.757. The Balaban J connectivity index is 2.27. The van der Waals surface area contributed by atoms with Crippen LogP contribution in [0.2, 0.25) is 0 Å². The molecule has 7 nitrogen and oxygen atoms in total. The van der Waals surface area contributed by atoms with Gasteiger partial charge in [0.1, 0.15) is 0 Å². The number of hydrogen-bond acceptors (Lipinski definition) is 5. The van der Waals surface area contributed by atoms with Crippen LogP contribution in [-0.2, 0) is 0 Å². The molecule has 0 aromatic carbocycles. The van der Waals surface area contributed by atoms with E-state index in [2.05, 4.69) is 25.6 Å². The minimum Gasteiger partial charge on any atom is -0.306 e. The van der Waals surface area contributed by atoms with E-state index in [-0.39, 0.29) is 11.7 Å². The first kappa shape index (κ1) is 10.2. The van der Waals surface area contributed by atoms with Gasteiger partial charge in [0.2, 0.25) is 0 Å². The number of aromatic nitrogens is 5. The second-order valence-electron chi connectivity index (χ2n) is 2.99. The van der Waals surface area contributed by atoms with Gasteiger partial charge >= 0.3 is 0 Å². The average molecular weight is 218 g/mol. The fourth-order valence-electron chi connectivity index (χ4n) is 1.34. The number of tetrazole rings is 1. The molecule has 0 saturated carbocycles. The lowest BCUT2D eigenvalue weighted by molar-refractivity contribution is 0.0978. The first-order valence-corrected chi connectivity index (χ1v) is 4.78. The van der Waals surface area contributed by atoms with Crippen molar-refractivity contribution in [2.45, 2.75) is 6.92 Å². The Kier molecular flexibility index (Phi) is 2.86. The molecule has 2 heterocycles. The van der Waals surface area contributed by atoms with E-state index in [1.165, 1.54) is 0 Å². The number of H-pyrrole nitrogens is 1. The number of hydrogen-bond donors (Lipinski definition) is 1. The van der Waals surface area contributed by atoms with Gasteiger partial charge in [-0.05, 0) is 24.3 Å². The molecule has 0 spiro atoms. The highest BCUT2D eigenvalue weighted by Gasteiger charge is 2.19. The van der Waals surface area contributed by atoms with Crippen LogP contribution in [0.4, 0.5) is 5.69 Å². The van der Waals surface area contributed by atoms with Crippen LogP contribution >= 0.6 is 0 Å². The van der Waals surface area contributed by atoms with Crippen LogP contribution in [0.1, 0.15) is 17.5 Å². The van der Waals surface area contributed by atoms with Crippen molar-refractivity contribution in [3.63, 3.8) is 0 Å². The van der Waals surface area contributed by atoms with Crippen molar-refractivity contribution in [1.29, 1.82) is 0 Å². The molecule has 1 amide bonds. The molecule has 7 heteroatoms. The van der Waals surface area contributed by atoms with E-state index in [4.69, 9.17) is 0 Å². The van der Waals surface area contributed by atoms with Crippen LogP contribution in [0.3, 0.4) is 0 Å². The van der Waals surface area contributed by atoms with Gasteiger partial charge in [0.05, 0.1) is 0 Å². The number of amides is 1. The Hall–Kier alpha value is -2.31. The average Bonchev–Trinajstić information content (AvgIpc) is 2.85. The summed E-state index contributed by atoms with van der Waals surface area (Å²) in [4.78, 5) is 17.4. The van der Waals surface area contributed by atoms with Crippen LogP contribution in [0.5, 0.6) is 0 Å². The molecule has 2 aromatic rings. The molecular formula is C9H10N6O. The summed E-state index contributed by atoms with van der Waals surface area (Å²) < 4.78 is 0. The van der Waals surface area contributed by atoms with Gasteiger partial charge in [-0.25, -0.2) is 0 Å². The number of rotatable bonds is 3. The van der Waals surface area contributed by atoms with E-state index in [1.807, 2.05) is 6.92 Å². The quantitative estimate of drug-likeness (QED) is 0.798. The summed E-state index contributed by atoms with van der Waals surface area (Å²) >= 11 is 0. The summed E-state index contributed by atoms with van der Waals surface area (Å²) in [6.07, 6.45) is 3.25. The second-order valence-corrected chi connectivity index (χ2v) is 2.99. The largest absolute Gasteiger partial charge is 0.306 e. The van der Waals surface area contributed by atoms with Crippen LogP contribution in [0.15, 0.2) is 24.5 Å². The van der Waals surface area contributed by atoms with E-state index in [1.54, 1.807) is 29.4 Å². The predicted octanol–water partition coefficient (Wildman–Crippen LogP) is 0.261. The lowest BCUT2D eigenvalue weighted by Crippen LogP contribution is -2.31. The van der Waals surface area contributed by atoms with Crippen molar-refractivity contribution in [3.8, 4) is 0 Å². The summed E-state index contributed by atoms with van der Waals surface area (Å²) in [6, 6.07) is 3.50. The summed E-state index contributed by atoms with van der Waals surface area (Å²) in [7, 11) is 0. The van der Waals surface area contributed by atoms with Crippen LogP contribution < -0.4 is 4.90 Å². The van der Waals surface area contributed by atoms with E-state index < -0.39 is 0 Å². The smallest absolute Gasteiger partial charge is 0.299 e. The Morgan fingerprint density at radius 2 is 2.19 bits per heavy atom. The Bertz CT molecular complexity index is 454. The normalized spacial score (nSPS) is 10.1. The molecule has 0 atom stereocenters. The standard InChI is InChI=1S/C9H10N6O/c1-2-15(7-3-5-10-6-4-7)9(16)8-11-13-14-12-8/h3-6H,2H2,1H3,(H,11,12,13,14). The molecule has 82 valence electrons. The highest BCUT2D eigenvalue weighted by molar-refractivity contribution is 6.03. The zero-order valence-electron chi connectivity index (χ0n) is 8.66. The second kappa shape index (κ2) is 4.47. The fourth-order valence-corrected chi connectivity index (χ4v) is 1.34. The number of nitrogens with one attached hydrogen (secondary N) is 1. The topological polar surface area (TPSA) is 87.7 Å². The molecule has 0 unspecified atom stereocenters. The molecule has 16 heavy (non-hydrogen) atoms. The molecule has 0 aliphatic heterocycles.